The minimum absolute atomic E-state index is 1.08. The minimum atomic E-state index is 1.08. The van der Waals surface area contributed by atoms with E-state index in [2.05, 4.69) is 298 Å². The van der Waals surface area contributed by atoms with Gasteiger partial charge < -0.3 is 18.9 Å². The third-order valence-electron chi connectivity index (χ3n) is 13.7. The third kappa shape index (κ3) is 7.18. The predicted molar refractivity (Wildman–Crippen MR) is 295 cm³/mol. The lowest BCUT2D eigenvalue weighted by Gasteiger charge is -2.27. The molecular formula is C66H46N4. The van der Waals surface area contributed by atoms with Crippen LogP contribution < -0.4 is 9.80 Å². The molecule has 13 aromatic rings. The SMILES string of the molecule is c1ccc(-c2cccc(N(c3ccc(-c4ccc(N(c5ccccc5)c5ccc6c(c5)c5ccccc5n6-c5ccccc5)cc4)cc3)c3ccc4c(c3)c3ccccc3n4-c3ccccc3)c2)cc1. The summed E-state index contributed by atoms with van der Waals surface area (Å²) in [5.74, 6) is 0. The summed E-state index contributed by atoms with van der Waals surface area (Å²) < 4.78 is 4.74. The van der Waals surface area contributed by atoms with E-state index in [-0.39, 0.29) is 0 Å². The van der Waals surface area contributed by atoms with E-state index in [1.807, 2.05) is 0 Å². The summed E-state index contributed by atoms with van der Waals surface area (Å²) in [7, 11) is 0. The summed E-state index contributed by atoms with van der Waals surface area (Å²) in [5, 5.41) is 4.88. The van der Waals surface area contributed by atoms with Crippen molar-refractivity contribution in [1.82, 2.24) is 9.13 Å². The maximum absolute atomic E-state index is 2.39. The lowest BCUT2D eigenvalue weighted by molar-refractivity contribution is 1.18. The van der Waals surface area contributed by atoms with Crippen LogP contribution >= 0.6 is 0 Å². The molecule has 0 spiro atoms. The van der Waals surface area contributed by atoms with E-state index in [1.165, 1.54) is 54.7 Å². The zero-order chi connectivity index (χ0) is 46.4. The van der Waals surface area contributed by atoms with Gasteiger partial charge in [-0.05, 0) is 144 Å². The van der Waals surface area contributed by atoms with Crippen LogP contribution in [0.5, 0.6) is 0 Å². The Morgan fingerprint density at radius 1 is 0.200 bits per heavy atom. The van der Waals surface area contributed by atoms with Crippen LogP contribution in [0.3, 0.4) is 0 Å². The fourth-order valence-electron chi connectivity index (χ4n) is 10.4. The molecule has 2 aromatic heterocycles. The molecule has 0 amide bonds. The quantitative estimate of drug-likeness (QED) is 0.136. The van der Waals surface area contributed by atoms with Crippen LogP contribution in [-0.2, 0) is 0 Å². The first-order valence-electron chi connectivity index (χ1n) is 23.9. The molecule has 0 N–H and O–H groups in total. The maximum Gasteiger partial charge on any atom is 0.0542 e. The molecule has 0 aliphatic rings. The Morgan fingerprint density at radius 2 is 0.529 bits per heavy atom. The largest absolute Gasteiger partial charge is 0.310 e. The second-order valence-electron chi connectivity index (χ2n) is 17.8. The van der Waals surface area contributed by atoms with Crippen molar-refractivity contribution in [2.75, 3.05) is 9.80 Å². The van der Waals surface area contributed by atoms with Gasteiger partial charge in [-0.1, -0.05) is 158 Å². The van der Waals surface area contributed by atoms with Crippen molar-refractivity contribution in [3.8, 4) is 33.6 Å². The zero-order valence-corrected chi connectivity index (χ0v) is 38.3. The van der Waals surface area contributed by atoms with Crippen molar-refractivity contribution >= 4 is 77.7 Å². The molecule has 0 unspecified atom stereocenters. The van der Waals surface area contributed by atoms with Gasteiger partial charge in [0.15, 0.2) is 0 Å². The molecule has 0 aliphatic heterocycles. The molecular weight excluding hydrogens is 849 g/mol. The fourth-order valence-corrected chi connectivity index (χ4v) is 10.4. The number of hydrogen-bond acceptors (Lipinski definition) is 2. The van der Waals surface area contributed by atoms with E-state index in [0.717, 1.165) is 56.6 Å². The molecule has 70 heavy (non-hydrogen) atoms. The van der Waals surface area contributed by atoms with Gasteiger partial charge in [-0.15, -0.1) is 0 Å². The van der Waals surface area contributed by atoms with Gasteiger partial charge in [-0.3, -0.25) is 0 Å². The van der Waals surface area contributed by atoms with E-state index in [4.69, 9.17) is 0 Å². The van der Waals surface area contributed by atoms with E-state index in [9.17, 15) is 0 Å². The summed E-state index contributed by atoms with van der Waals surface area (Å²) in [6.07, 6.45) is 0. The summed E-state index contributed by atoms with van der Waals surface area (Å²) in [6, 6.07) is 101. The standard InChI is InChI=1S/C66H46N4/c1-5-18-47(19-6-1)50-20-17-27-56(44-50)68(58-41-43-66-62(46-58)60-29-14-16-31-64(60)70(66)53-25-11-4-12-26-53)55-38-34-49(35-39-55)48-32-36-54(37-33-48)67(51-21-7-2-8-22-51)57-40-42-65-61(45-57)59-28-13-15-30-63(59)69(65)52-23-9-3-10-24-52/h1-46H. The summed E-state index contributed by atoms with van der Waals surface area (Å²) in [5.41, 5.74) is 18.3. The van der Waals surface area contributed by atoms with Crippen LogP contribution in [0.1, 0.15) is 0 Å². The predicted octanol–water partition coefficient (Wildman–Crippen LogP) is 18.2. The van der Waals surface area contributed by atoms with E-state index < -0.39 is 0 Å². The Hall–Kier alpha value is -9.38. The van der Waals surface area contributed by atoms with Gasteiger partial charge in [-0.2, -0.15) is 0 Å². The molecule has 4 heteroatoms. The third-order valence-corrected chi connectivity index (χ3v) is 13.7. The van der Waals surface area contributed by atoms with E-state index in [1.54, 1.807) is 0 Å². The number of para-hydroxylation sites is 5. The molecule has 13 rings (SSSR count). The average molecular weight is 895 g/mol. The van der Waals surface area contributed by atoms with Crippen molar-refractivity contribution in [3.05, 3.63) is 279 Å². The molecule has 0 fully saturated rings. The van der Waals surface area contributed by atoms with Crippen LogP contribution in [0.15, 0.2) is 279 Å². The van der Waals surface area contributed by atoms with Gasteiger partial charge in [0.05, 0.1) is 22.1 Å². The molecule has 0 saturated heterocycles. The van der Waals surface area contributed by atoms with Gasteiger partial charge in [0, 0.05) is 67.0 Å². The number of aromatic nitrogens is 2. The highest BCUT2D eigenvalue weighted by Gasteiger charge is 2.20. The molecule has 0 atom stereocenters. The summed E-state index contributed by atoms with van der Waals surface area (Å²) >= 11 is 0. The number of benzene rings is 11. The maximum atomic E-state index is 2.39. The highest BCUT2D eigenvalue weighted by molar-refractivity contribution is 6.12. The molecule has 2 heterocycles. The first-order valence-corrected chi connectivity index (χ1v) is 23.9. The summed E-state index contributed by atoms with van der Waals surface area (Å²) in [6.45, 7) is 0. The van der Waals surface area contributed by atoms with Crippen molar-refractivity contribution in [2.24, 2.45) is 0 Å². The topological polar surface area (TPSA) is 16.3 Å². The molecule has 0 saturated carbocycles. The number of nitrogens with zero attached hydrogens (tertiary/aromatic N) is 4. The first-order chi connectivity index (χ1) is 34.7. The van der Waals surface area contributed by atoms with Gasteiger partial charge in [0.1, 0.15) is 0 Å². The molecule has 0 radical (unpaired) electrons. The van der Waals surface area contributed by atoms with Crippen LogP contribution in [0.4, 0.5) is 34.1 Å². The fraction of sp³-hybridized carbons (Fsp3) is 0. The van der Waals surface area contributed by atoms with E-state index in [0.29, 0.717) is 0 Å². The van der Waals surface area contributed by atoms with Gasteiger partial charge in [0.2, 0.25) is 0 Å². The second-order valence-corrected chi connectivity index (χ2v) is 17.8. The van der Waals surface area contributed by atoms with Crippen molar-refractivity contribution in [3.63, 3.8) is 0 Å². The van der Waals surface area contributed by atoms with Crippen LogP contribution in [0, 0.1) is 0 Å². The zero-order valence-electron chi connectivity index (χ0n) is 38.3. The van der Waals surface area contributed by atoms with E-state index >= 15 is 0 Å². The Bertz CT molecular complexity index is 3970. The lowest BCUT2D eigenvalue weighted by atomic mass is 10.0. The number of fused-ring (bicyclic) bond motifs is 6. The van der Waals surface area contributed by atoms with Crippen LogP contribution in [0.2, 0.25) is 0 Å². The second kappa shape index (κ2) is 17.4. The smallest absolute Gasteiger partial charge is 0.0542 e. The van der Waals surface area contributed by atoms with Crippen molar-refractivity contribution in [1.29, 1.82) is 0 Å². The monoisotopic (exact) mass is 894 g/mol. The molecule has 0 aliphatic carbocycles. The van der Waals surface area contributed by atoms with Crippen LogP contribution in [-0.4, -0.2) is 9.13 Å². The minimum Gasteiger partial charge on any atom is -0.310 e. The normalized spacial score (nSPS) is 11.4. The lowest BCUT2D eigenvalue weighted by Crippen LogP contribution is -2.10. The Labute approximate surface area is 407 Å². The molecule has 4 nitrogen and oxygen atoms in total. The first kappa shape index (κ1) is 40.9. The summed E-state index contributed by atoms with van der Waals surface area (Å²) in [4.78, 5) is 4.75. The molecule has 330 valence electrons. The van der Waals surface area contributed by atoms with Gasteiger partial charge in [0.25, 0.3) is 0 Å². The van der Waals surface area contributed by atoms with Crippen molar-refractivity contribution < 1.29 is 0 Å². The Morgan fingerprint density at radius 3 is 1.03 bits per heavy atom. The number of rotatable bonds is 10. The molecule has 11 aromatic carbocycles. The highest BCUT2D eigenvalue weighted by Crippen LogP contribution is 2.43. The van der Waals surface area contributed by atoms with Gasteiger partial charge in [-0.25, -0.2) is 0 Å². The Balaban J connectivity index is 0.881. The highest BCUT2D eigenvalue weighted by atomic mass is 15.1. The van der Waals surface area contributed by atoms with Gasteiger partial charge >= 0.3 is 0 Å². The van der Waals surface area contributed by atoms with Crippen molar-refractivity contribution in [2.45, 2.75) is 0 Å². The number of hydrogen-bond donors (Lipinski definition) is 0. The van der Waals surface area contributed by atoms with Crippen LogP contribution in [0.25, 0.3) is 77.2 Å². The Kier molecular flexibility index (Phi) is 10.1. The molecule has 0 bridgehead atoms. The average Bonchev–Trinajstić information content (AvgIpc) is 3.95. The number of anilines is 6.